The van der Waals surface area contributed by atoms with Crippen molar-refractivity contribution in [2.45, 2.75) is 65.8 Å². The minimum absolute atomic E-state index is 0. The maximum absolute atomic E-state index is 11.2. The quantitative estimate of drug-likeness (QED) is 0.736. The van der Waals surface area contributed by atoms with Crippen LogP contribution in [0, 0.1) is 11.3 Å². The molecule has 23 heavy (non-hydrogen) atoms. The summed E-state index contributed by atoms with van der Waals surface area (Å²) in [6.45, 7) is 15.7. The normalized spacial score (nSPS) is 22.3. The Hall–Kier alpha value is -0.320. The molecule has 0 aliphatic carbocycles. The van der Waals surface area contributed by atoms with Gasteiger partial charge >= 0.3 is 5.97 Å². The first-order chi connectivity index (χ1) is 10.2. The number of likely N-dealkylation sites (tertiary alicyclic amines) is 1. The molecule has 0 spiro atoms. The zero-order chi connectivity index (χ0) is 16.8. The lowest BCUT2D eigenvalue weighted by molar-refractivity contribution is -0.153. The van der Waals surface area contributed by atoms with Crippen LogP contribution in [-0.4, -0.2) is 49.7 Å². The molecule has 2 aliphatic heterocycles. The van der Waals surface area contributed by atoms with Gasteiger partial charge in [0.25, 0.3) is 0 Å². The monoisotopic (exact) mass is 348 g/mol. The number of nitrogens with zero attached hydrogens (tertiary/aromatic N) is 1. The summed E-state index contributed by atoms with van der Waals surface area (Å²) >= 11 is 0. The largest absolute Gasteiger partial charge is 0.469 e. The summed E-state index contributed by atoms with van der Waals surface area (Å²) in [6.07, 6.45) is 4.55. The number of rotatable bonds is 1. The van der Waals surface area contributed by atoms with Crippen LogP contribution in [-0.2, 0) is 9.53 Å². The maximum atomic E-state index is 11.2. The van der Waals surface area contributed by atoms with E-state index in [1.807, 2.05) is 6.92 Å². The number of hydrogen-bond donors (Lipinski definition) is 1. The minimum atomic E-state index is -0.236. The van der Waals surface area contributed by atoms with Gasteiger partial charge in [0.1, 0.15) is 0 Å². The van der Waals surface area contributed by atoms with Crippen LogP contribution in [0.5, 0.6) is 0 Å². The third kappa shape index (κ3) is 7.40. The second-order valence-corrected chi connectivity index (χ2v) is 8.14. The molecule has 1 N–H and O–H groups in total. The molecule has 0 bridgehead atoms. The van der Waals surface area contributed by atoms with E-state index in [2.05, 4.69) is 37.9 Å². The number of esters is 1. The van der Waals surface area contributed by atoms with Gasteiger partial charge in [-0.25, -0.2) is 0 Å². The van der Waals surface area contributed by atoms with E-state index in [0.29, 0.717) is 5.54 Å². The highest BCUT2D eigenvalue weighted by atomic mass is 35.5. The Bertz CT molecular complexity index is 341. The second-order valence-electron chi connectivity index (χ2n) is 8.14. The summed E-state index contributed by atoms with van der Waals surface area (Å²) in [4.78, 5) is 13.8. The van der Waals surface area contributed by atoms with E-state index in [-0.39, 0.29) is 23.8 Å². The molecular weight excluding hydrogens is 312 g/mol. The highest BCUT2D eigenvalue weighted by Gasteiger charge is 2.35. The summed E-state index contributed by atoms with van der Waals surface area (Å²) in [5, 5.41) is 3.21. The maximum Gasteiger partial charge on any atom is 0.311 e. The summed E-state index contributed by atoms with van der Waals surface area (Å²) in [5.41, 5.74) is 0.153. The van der Waals surface area contributed by atoms with Crippen molar-refractivity contribution in [3.63, 3.8) is 0 Å². The van der Waals surface area contributed by atoms with E-state index in [1.165, 1.54) is 33.0 Å². The van der Waals surface area contributed by atoms with E-state index < -0.39 is 0 Å². The van der Waals surface area contributed by atoms with Crippen LogP contribution in [0.1, 0.15) is 60.3 Å². The molecule has 2 aliphatic rings. The van der Waals surface area contributed by atoms with Gasteiger partial charge in [0.05, 0.1) is 12.5 Å². The summed E-state index contributed by atoms with van der Waals surface area (Å²) in [5.74, 6) is 0.882. The highest BCUT2D eigenvalue weighted by molar-refractivity contribution is 5.85. The molecular formula is C18H37ClN2O2. The van der Waals surface area contributed by atoms with E-state index in [1.54, 1.807) is 0 Å². The second kappa shape index (κ2) is 9.85. The van der Waals surface area contributed by atoms with Crippen LogP contribution in [0.2, 0.25) is 0 Å². The Balaban J connectivity index is 0.000000403. The van der Waals surface area contributed by atoms with Gasteiger partial charge in [-0.1, -0.05) is 6.92 Å². The van der Waals surface area contributed by atoms with Crippen molar-refractivity contribution in [3.8, 4) is 0 Å². The first-order valence-corrected chi connectivity index (χ1v) is 8.73. The fraction of sp³-hybridized carbons (Fsp3) is 0.944. The SMILES string of the molecule is CC1CCN(C(C)(C)C)CC1.COC(=O)C1(C)CCNCC1.Cl. The number of piperidine rings is 2. The van der Waals surface area contributed by atoms with Crippen LogP contribution >= 0.6 is 12.4 Å². The molecule has 0 radical (unpaired) electrons. The smallest absolute Gasteiger partial charge is 0.311 e. The summed E-state index contributed by atoms with van der Waals surface area (Å²) in [7, 11) is 1.45. The molecule has 0 atom stereocenters. The van der Waals surface area contributed by atoms with Crippen molar-refractivity contribution in [2.24, 2.45) is 11.3 Å². The van der Waals surface area contributed by atoms with Gasteiger partial charge < -0.3 is 10.1 Å². The van der Waals surface area contributed by atoms with Crippen LogP contribution in [0.3, 0.4) is 0 Å². The lowest BCUT2D eigenvalue weighted by Gasteiger charge is -2.40. The molecule has 2 fully saturated rings. The molecule has 0 amide bonds. The van der Waals surface area contributed by atoms with E-state index in [9.17, 15) is 4.79 Å². The number of carbonyl (C=O) groups excluding carboxylic acids is 1. The number of ether oxygens (including phenoxy) is 1. The fourth-order valence-corrected chi connectivity index (χ4v) is 3.11. The first kappa shape index (κ1) is 22.7. The number of hydrogen-bond acceptors (Lipinski definition) is 4. The molecule has 5 heteroatoms. The molecule has 2 saturated heterocycles. The van der Waals surface area contributed by atoms with Crippen LogP contribution in [0.4, 0.5) is 0 Å². The average molecular weight is 349 g/mol. The third-order valence-electron chi connectivity index (χ3n) is 5.12. The topological polar surface area (TPSA) is 41.6 Å². The van der Waals surface area contributed by atoms with E-state index in [0.717, 1.165) is 31.8 Å². The van der Waals surface area contributed by atoms with Gasteiger partial charge in [-0.15, -0.1) is 12.4 Å². The number of nitrogens with one attached hydrogen (secondary N) is 1. The van der Waals surface area contributed by atoms with Crippen LogP contribution in [0.25, 0.3) is 0 Å². The molecule has 0 unspecified atom stereocenters. The van der Waals surface area contributed by atoms with Crippen molar-refractivity contribution >= 4 is 18.4 Å². The van der Waals surface area contributed by atoms with Gasteiger partial charge in [0.15, 0.2) is 0 Å². The summed E-state index contributed by atoms with van der Waals surface area (Å²) in [6, 6.07) is 0. The average Bonchev–Trinajstić information content (AvgIpc) is 2.47. The zero-order valence-corrected chi connectivity index (χ0v) is 16.7. The Morgan fingerprint density at radius 2 is 1.65 bits per heavy atom. The van der Waals surface area contributed by atoms with Gasteiger partial charge in [0.2, 0.25) is 0 Å². The molecule has 0 aromatic heterocycles. The predicted octanol–water partition coefficient (Wildman–Crippen LogP) is 3.49. The standard InChI is InChI=1S/C10H21N.C8H15NO2.ClH/c1-9-5-7-11(8-6-9)10(2,3)4;1-8(7(10)11-2)3-5-9-6-4-8;/h9H,5-8H2,1-4H3;9H,3-6H2,1-2H3;1H. The lowest BCUT2D eigenvalue weighted by Crippen LogP contribution is -2.45. The molecule has 2 rings (SSSR count). The molecule has 138 valence electrons. The third-order valence-corrected chi connectivity index (χ3v) is 5.12. The molecule has 0 aromatic carbocycles. The molecule has 0 saturated carbocycles. The van der Waals surface area contributed by atoms with Crippen molar-refractivity contribution in [2.75, 3.05) is 33.3 Å². The van der Waals surface area contributed by atoms with Crippen molar-refractivity contribution in [3.05, 3.63) is 0 Å². The first-order valence-electron chi connectivity index (χ1n) is 8.73. The summed E-state index contributed by atoms with van der Waals surface area (Å²) < 4.78 is 4.73. The Labute approximate surface area is 149 Å². The van der Waals surface area contributed by atoms with E-state index >= 15 is 0 Å². The van der Waals surface area contributed by atoms with Crippen molar-refractivity contribution in [1.29, 1.82) is 0 Å². The van der Waals surface area contributed by atoms with Crippen molar-refractivity contribution < 1.29 is 9.53 Å². The molecule has 2 heterocycles. The predicted molar refractivity (Wildman–Crippen MR) is 99.2 cm³/mol. The van der Waals surface area contributed by atoms with Crippen molar-refractivity contribution in [1.82, 2.24) is 10.2 Å². The van der Waals surface area contributed by atoms with Gasteiger partial charge in [-0.3, -0.25) is 9.69 Å². The minimum Gasteiger partial charge on any atom is -0.469 e. The molecule has 0 aromatic rings. The Morgan fingerprint density at radius 3 is 2.04 bits per heavy atom. The van der Waals surface area contributed by atoms with E-state index in [4.69, 9.17) is 4.74 Å². The molecule has 4 nitrogen and oxygen atoms in total. The number of halogens is 1. The zero-order valence-electron chi connectivity index (χ0n) is 15.9. The Morgan fingerprint density at radius 1 is 1.17 bits per heavy atom. The van der Waals surface area contributed by atoms with Crippen LogP contribution < -0.4 is 5.32 Å². The number of carbonyl (C=O) groups is 1. The van der Waals surface area contributed by atoms with Crippen LogP contribution in [0.15, 0.2) is 0 Å². The van der Waals surface area contributed by atoms with Gasteiger partial charge in [-0.05, 0) is 85.5 Å². The lowest BCUT2D eigenvalue weighted by atomic mass is 9.81. The highest BCUT2D eigenvalue weighted by Crippen LogP contribution is 2.28. The fourth-order valence-electron chi connectivity index (χ4n) is 3.11. The number of methoxy groups -OCH3 is 1. The Kier molecular flexibility index (Phi) is 9.71. The van der Waals surface area contributed by atoms with Gasteiger partial charge in [0, 0.05) is 5.54 Å². The van der Waals surface area contributed by atoms with Gasteiger partial charge in [-0.2, -0.15) is 0 Å².